The van der Waals surface area contributed by atoms with E-state index in [4.69, 9.17) is 9.84 Å². The highest BCUT2D eigenvalue weighted by Crippen LogP contribution is 2.15. The van der Waals surface area contributed by atoms with Gasteiger partial charge in [-0.05, 0) is 33.0 Å². The molecule has 0 unspecified atom stereocenters. The molecule has 2 aliphatic rings. The quantitative estimate of drug-likeness (QED) is 0.645. The molecule has 2 aliphatic heterocycles. The number of hydrogen-bond donors (Lipinski definition) is 2. The second-order valence-electron chi connectivity index (χ2n) is 3.97. The molecule has 2 heterocycles. The number of carboxylic acids is 1. The highest BCUT2D eigenvalue weighted by molar-refractivity contribution is 5.70. The van der Waals surface area contributed by atoms with E-state index in [1.165, 1.54) is 0 Å². The van der Waals surface area contributed by atoms with Gasteiger partial charge in [0, 0.05) is 6.54 Å². The van der Waals surface area contributed by atoms with Gasteiger partial charge in [0.1, 0.15) is 0 Å². The Balaban J connectivity index is 0.000000187. The summed E-state index contributed by atoms with van der Waals surface area (Å²) in [4.78, 5) is 12.6. The van der Waals surface area contributed by atoms with Crippen molar-refractivity contribution >= 4 is 5.97 Å². The van der Waals surface area contributed by atoms with Crippen LogP contribution >= 0.6 is 0 Å². The molecule has 0 aromatic carbocycles. The largest absolute Gasteiger partial charge is 0.481 e. The molecular formula is C10H20N2O3. The molecule has 0 amide bonds. The number of rotatable bonds is 1. The monoisotopic (exact) mass is 216 g/mol. The Morgan fingerprint density at radius 3 is 2.47 bits per heavy atom. The fraction of sp³-hybridized carbons (Fsp3) is 0.900. The van der Waals surface area contributed by atoms with Gasteiger partial charge in [-0.2, -0.15) is 0 Å². The molecule has 5 heteroatoms. The summed E-state index contributed by atoms with van der Waals surface area (Å²) in [5, 5.41) is 11.6. The van der Waals surface area contributed by atoms with E-state index in [2.05, 4.69) is 10.2 Å². The van der Waals surface area contributed by atoms with Crippen LogP contribution in [-0.2, 0) is 9.53 Å². The number of nitrogens with zero attached hydrogens (tertiary/aromatic N) is 1. The normalized spacial score (nSPS) is 23.3. The van der Waals surface area contributed by atoms with Gasteiger partial charge in [-0.25, -0.2) is 0 Å². The van der Waals surface area contributed by atoms with Crippen LogP contribution in [0.2, 0.25) is 0 Å². The number of likely N-dealkylation sites (tertiary alicyclic amines) is 1. The summed E-state index contributed by atoms with van der Waals surface area (Å²) in [6.45, 7) is 4.52. The van der Waals surface area contributed by atoms with E-state index in [0.29, 0.717) is 0 Å². The van der Waals surface area contributed by atoms with Gasteiger partial charge in [0.05, 0.1) is 19.3 Å². The van der Waals surface area contributed by atoms with E-state index < -0.39 is 5.97 Å². The summed E-state index contributed by atoms with van der Waals surface area (Å²) >= 11 is 0. The molecule has 88 valence electrons. The lowest BCUT2D eigenvalue weighted by molar-refractivity contribution is -0.143. The first kappa shape index (κ1) is 12.4. The van der Waals surface area contributed by atoms with Crippen molar-refractivity contribution in [1.82, 2.24) is 10.2 Å². The van der Waals surface area contributed by atoms with Crippen LogP contribution in [0.1, 0.15) is 12.8 Å². The maximum Gasteiger partial charge on any atom is 0.306 e. The first-order valence-electron chi connectivity index (χ1n) is 5.40. The summed E-state index contributed by atoms with van der Waals surface area (Å²) in [6, 6.07) is 0. The minimum Gasteiger partial charge on any atom is -0.481 e. The van der Waals surface area contributed by atoms with Gasteiger partial charge in [-0.15, -0.1) is 0 Å². The van der Waals surface area contributed by atoms with E-state index in [0.717, 1.165) is 45.8 Å². The van der Waals surface area contributed by atoms with Crippen LogP contribution in [0.5, 0.6) is 0 Å². The average Bonchev–Trinajstić information content (AvgIpc) is 2.76. The van der Waals surface area contributed by atoms with Gasteiger partial charge < -0.3 is 14.7 Å². The molecule has 15 heavy (non-hydrogen) atoms. The Morgan fingerprint density at radius 2 is 2.13 bits per heavy atom. The zero-order chi connectivity index (χ0) is 11.1. The molecule has 0 aromatic rings. The Bertz CT molecular complexity index is 179. The molecule has 5 nitrogen and oxygen atoms in total. The molecule has 0 bridgehead atoms. The van der Waals surface area contributed by atoms with E-state index >= 15 is 0 Å². The minimum atomic E-state index is -0.631. The molecule has 0 aromatic heterocycles. The summed E-state index contributed by atoms with van der Waals surface area (Å²) in [7, 11) is 2.03. The second-order valence-corrected chi connectivity index (χ2v) is 3.97. The lowest BCUT2D eigenvalue weighted by Crippen LogP contribution is -2.33. The molecule has 0 aliphatic carbocycles. The number of carboxylic acid groups (broad SMARTS) is 1. The number of ether oxygens (including phenoxy) is 1. The third-order valence-corrected chi connectivity index (χ3v) is 2.70. The van der Waals surface area contributed by atoms with Crippen molar-refractivity contribution < 1.29 is 14.6 Å². The smallest absolute Gasteiger partial charge is 0.306 e. The van der Waals surface area contributed by atoms with Crippen molar-refractivity contribution in [2.45, 2.75) is 12.8 Å². The summed E-state index contributed by atoms with van der Waals surface area (Å²) in [5.74, 6) is -0.718. The fourth-order valence-electron chi connectivity index (χ4n) is 1.62. The van der Waals surface area contributed by atoms with Crippen LogP contribution in [0, 0.1) is 5.92 Å². The van der Waals surface area contributed by atoms with Gasteiger partial charge in [0.15, 0.2) is 0 Å². The van der Waals surface area contributed by atoms with Crippen LogP contribution in [-0.4, -0.2) is 56.0 Å². The zero-order valence-electron chi connectivity index (χ0n) is 9.24. The van der Waals surface area contributed by atoms with Crippen molar-refractivity contribution in [2.24, 2.45) is 5.92 Å². The topological polar surface area (TPSA) is 61.8 Å². The van der Waals surface area contributed by atoms with Crippen molar-refractivity contribution in [3.05, 3.63) is 0 Å². The molecule has 0 radical (unpaired) electrons. The first-order valence-corrected chi connectivity index (χ1v) is 5.40. The van der Waals surface area contributed by atoms with E-state index in [1.807, 2.05) is 7.05 Å². The van der Waals surface area contributed by atoms with Gasteiger partial charge in [0.2, 0.25) is 0 Å². The first-order chi connectivity index (χ1) is 7.20. The molecule has 0 atom stereocenters. The number of aliphatic carboxylic acids is 1. The van der Waals surface area contributed by atoms with Crippen molar-refractivity contribution in [3.8, 4) is 0 Å². The third kappa shape index (κ3) is 5.11. The molecule has 2 N–H and O–H groups in total. The molecule has 0 saturated carbocycles. The van der Waals surface area contributed by atoms with E-state index in [1.54, 1.807) is 0 Å². The van der Waals surface area contributed by atoms with Crippen LogP contribution in [0.4, 0.5) is 0 Å². The Labute approximate surface area is 90.4 Å². The number of nitrogens with one attached hydrogen (secondary N) is 1. The Morgan fingerprint density at radius 1 is 1.47 bits per heavy atom. The SMILES string of the molecule is C1COCN1.CN1CCC(C(=O)O)CC1. The van der Waals surface area contributed by atoms with Gasteiger partial charge in [0.25, 0.3) is 0 Å². The predicted octanol–water partition coefficient (Wildman–Crippen LogP) is -0.0235. The minimum absolute atomic E-state index is 0.0869. The Kier molecular flexibility index (Phi) is 5.60. The Hall–Kier alpha value is -0.650. The maximum atomic E-state index is 10.4. The van der Waals surface area contributed by atoms with E-state index in [-0.39, 0.29) is 5.92 Å². The third-order valence-electron chi connectivity index (χ3n) is 2.70. The average molecular weight is 216 g/mol. The highest BCUT2D eigenvalue weighted by atomic mass is 16.5. The van der Waals surface area contributed by atoms with Crippen molar-refractivity contribution in [2.75, 3.05) is 40.0 Å². The number of piperidine rings is 1. The maximum absolute atomic E-state index is 10.4. The van der Waals surface area contributed by atoms with Gasteiger partial charge in [-0.1, -0.05) is 0 Å². The zero-order valence-corrected chi connectivity index (χ0v) is 9.24. The number of carbonyl (C=O) groups is 1. The van der Waals surface area contributed by atoms with Gasteiger partial charge >= 0.3 is 5.97 Å². The second kappa shape index (κ2) is 6.76. The molecule has 2 fully saturated rings. The molecular weight excluding hydrogens is 196 g/mol. The van der Waals surface area contributed by atoms with Crippen LogP contribution in [0.3, 0.4) is 0 Å². The molecule has 0 spiro atoms. The van der Waals surface area contributed by atoms with Gasteiger partial charge in [-0.3, -0.25) is 10.1 Å². The molecule has 2 saturated heterocycles. The number of hydrogen-bond acceptors (Lipinski definition) is 4. The summed E-state index contributed by atoms with van der Waals surface area (Å²) < 4.78 is 4.83. The van der Waals surface area contributed by atoms with Crippen LogP contribution in [0.15, 0.2) is 0 Å². The fourth-order valence-corrected chi connectivity index (χ4v) is 1.62. The van der Waals surface area contributed by atoms with Crippen molar-refractivity contribution in [1.29, 1.82) is 0 Å². The summed E-state index contributed by atoms with van der Waals surface area (Å²) in [6.07, 6.45) is 1.62. The molecule has 2 rings (SSSR count). The highest BCUT2D eigenvalue weighted by Gasteiger charge is 2.21. The van der Waals surface area contributed by atoms with E-state index in [9.17, 15) is 4.79 Å². The standard InChI is InChI=1S/C7H13NO2.C3H7NO/c1-8-4-2-6(3-5-8)7(9)10;1-2-5-3-4-1/h6H,2-5H2,1H3,(H,9,10);4H,1-3H2. The predicted molar refractivity (Wildman–Crippen MR) is 56.7 cm³/mol. The van der Waals surface area contributed by atoms with Crippen LogP contribution < -0.4 is 5.32 Å². The van der Waals surface area contributed by atoms with Crippen LogP contribution in [0.25, 0.3) is 0 Å². The lowest BCUT2D eigenvalue weighted by Gasteiger charge is -2.25. The lowest BCUT2D eigenvalue weighted by atomic mass is 9.98. The summed E-state index contributed by atoms with van der Waals surface area (Å²) in [5.41, 5.74) is 0. The van der Waals surface area contributed by atoms with Crippen molar-refractivity contribution in [3.63, 3.8) is 0 Å².